The van der Waals surface area contributed by atoms with Crippen molar-refractivity contribution in [2.24, 2.45) is 0 Å². The van der Waals surface area contributed by atoms with Crippen molar-refractivity contribution >= 4 is 22.3 Å². The highest BCUT2D eigenvalue weighted by atomic mass is 19.1. The van der Waals surface area contributed by atoms with Gasteiger partial charge in [-0.25, -0.2) is 9.37 Å². The van der Waals surface area contributed by atoms with E-state index in [1.54, 1.807) is 12.1 Å². The summed E-state index contributed by atoms with van der Waals surface area (Å²) >= 11 is 0. The molecule has 140 valence electrons. The van der Waals surface area contributed by atoms with Crippen LogP contribution in [0.25, 0.3) is 10.9 Å². The van der Waals surface area contributed by atoms with Crippen molar-refractivity contribution in [3.63, 3.8) is 0 Å². The molecule has 0 spiro atoms. The highest BCUT2D eigenvalue weighted by Gasteiger charge is 2.17. The Labute approximate surface area is 153 Å². The van der Waals surface area contributed by atoms with E-state index in [1.807, 2.05) is 19.0 Å². The van der Waals surface area contributed by atoms with Crippen LogP contribution in [0.4, 0.5) is 15.8 Å². The lowest BCUT2D eigenvalue weighted by Gasteiger charge is -2.12. The minimum absolute atomic E-state index is 0.133. The average molecular weight is 371 g/mol. The van der Waals surface area contributed by atoms with Crippen LogP contribution < -0.4 is 10.9 Å². The number of aromatic nitrogens is 2. The van der Waals surface area contributed by atoms with Crippen LogP contribution in [-0.2, 0) is 13.1 Å². The molecule has 8 nitrogen and oxygen atoms in total. The second-order valence-corrected chi connectivity index (χ2v) is 6.39. The third kappa shape index (κ3) is 4.09. The van der Waals surface area contributed by atoms with Gasteiger partial charge in [0.15, 0.2) is 0 Å². The van der Waals surface area contributed by atoms with Crippen LogP contribution in [-0.4, -0.2) is 33.9 Å². The van der Waals surface area contributed by atoms with Crippen molar-refractivity contribution in [2.45, 2.75) is 13.1 Å². The molecular formula is C18H18FN5O3. The smallest absolute Gasteiger partial charge is 0.293 e. The monoisotopic (exact) mass is 371 g/mol. The van der Waals surface area contributed by atoms with Gasteiger partial charge in [-0.05, 0) is 31.8 Å². The standard InChI is InChI=1S/C18H18FN5O3/c1-23(2)9-12-4-3-11(5-14(12)19)8-20-16-7-15-13(6-17(16)24(26)27)18(25)22-10-21-15/h3-7,10,20H,8-9H2,1-2H3,(H,21,22,25). The lowest BCUT2D eigenvalue weighted by Crippen LogP contribution is -2.12. The van der Waals surface area contributed by atoms with E-state index in [0.29, 0.717) is 23.2 Å². The Balaban J connectivity index is 1.88. The summed E-state index contributed by atoms with van der Waals surface area (Å²) in [6, 6.07) is 7.50. The van der Waals surface area contributed by atoms with E-state index >= 15 is 0 Å². The molecule has 0 aliphatic carbocycles. The fraction of sp³-hybridized carbons (Fsp3) is 0.222. The van der Waals surface area contributed by atoms with Gasteiger partial charge in [-0.2, -0.15) is 0 Å². The van der Waals surface area contributed by atoms with Gasteiger partial charge < -0.3 is 15.2 Å². The Kier molecular flexibility index (Phi) is 5.13. The van der Waals surface area contributed by atoms with Gasteiger partial charge in [0.05, 0.1) is 22.2 Å². The van der Waals surface area contributed by atoms with E-state index in [-0.39, 0.29) is 29.1 Å². The fourth-order valence-corrected chi connectivity index (χ4v) is 2.76. The van der Waals surface area contributed by atoms with E-state index in [0.717, 1.165) is 0 Å². The largest absolute Gasteiger partial charge is 0.375 e. The van der Waals surface area contributed by atoms with Crippen molar-refractivity contribution < 1.29 is 9.31 Å². The summed E-state index contributed by atoms with van der Waals surface area (Å²) in [5, 5.41) is 14.4. The first kappa shape index (κ1) is 18.5. The van der Waals surface area contributed by atoms with Gasteiger partial charge in [-0.1, -0.05) is 12.1 Å². The molecule has 0 saturated heterocycles. The van der Waals surface area contributed by atoms with Gasteiger partial charge in [0.1, 0.15) is 11.5 Å². The minimum atomic E-state index is -0.574. The number of aromatic amines is 1. The molecule has 27 heavy (non-hydrogen) atoms. The van der Waals surface area contributed by atoms with Crippen LogP contribution in [0.3, 0.4) is 0 Å². The highest BCUT2D eigenvalue weighted by Crippen LogP contribution is 2.28. The third-order valence-corrected chi connectivity index (χ3v) is 4.04. The third-order valence-electron chi connectivity index (χ3n) is 4.04. The predicted molar refractivity (Wildman–Crippen MR) is 100 cm³/mol. The number of nitro benzene ring substituents is 1. The zero-order valence-corrected chi connectivity index (χ0v) is 14.8. The summed E-state index contributed by atoms with van der Waals surface area (Å²) in [6.07, 6.45) is 1.24. The van der Waals surface area contributed by atoms with Crippen LogP contribution in [0.15, 0.2) is 41.5 Å². The van der Waals surface area contributed by atoms with Gasteiger partial charge in [-0.3, -0.25) is 14.9 Å². The first-order valence-electron chi connectivity index (χ1n) is 8.17. The number of nitrogens with one attached hydrogen (secondary N) is 2. The number of hydrogen-bond donors (Lipinski definition) is 2. The van der Waals surface area contributed by atoms with Gasteiger partial charge in [-0.15, -0.1) is 0 Å². The Bertz CT molecular complexity index is 1060. The second-order valence-electron chi connectivity index (χ2n) is 6.39. The number of anilines is 1. The maximum absolute atomic E-state index is 14.2. The molecule has 0 aliphatic heterocycles. The molecule has 0 unspecified atom stereocenters. The summed E-state index contributed by atoms with van der Waals surface area (Å²) in [7, 11) is 3.71. The molecule has 0 fully saturated rings. The Morgan fingerprint density at radius 1 is 1.30 bits per heavy atom. The van der Waals surface area contributed by atoms with Crippen molar-refractivity contribution in [2.75, 3.05) is 19.4 Å². The number of benzene rings is 2. The number of halogens is 1. The second kappa shape index (κ2) is 7.50. The van der Waals surface area contributed by atoms with Crippen LogP contribution in [0.5, 0.6) is 0 Å². The maximum Gasteiger partial charge on any atom is 0.293 e. The van der Waals surface area contributed by atoms with Gasteiger partial charge in [0.25, 0.3) is 11.2 Å². The maximum atomic E-state index is 14.2. The van der Waals surface area contributed by atoms with E-state index in [1.165, 1.54) is 24.5 Å². The number of nitro groups is 1. The Hall–Kier alpha value is -3.33. The first-order chi connectivity index (χ1) is 12.8. The molecule has 0 bridgehead atoms. The number of nitrogens with zero attached hydrogens (tertiary/aromatic N) is 3. The molecule has 2 aromatic carbocycles. The van der Waals surface area contributed by atoms with Gasteiger partial charge in [0.2, 0.25) is 0 Å². The quantitative estimate of drug-likeness (QED) is 0.510. The van der Waals surface area contributed by atoms with E-state index in [9.17, 15) is 19.3 Å². The molecule has 2 N–H and O–H groups in total. The van der Waals surface area contributed by atoms with Crippen LogP contribution in [0.2, 0.25) is 0 Å². The number of rotatable bonds is 6. The topological polar surface area (TPSA) is 104 Å². The zero-order valence-electron chi connectivity index (χ0n) is 14.8. The average Bonchev–Trinajstić information content (AvgIpc) is 2.61. The molecule has 0 saturated carbocycles. The van der Waals surface area contributed by atoms with Crippen LogP contribution in [0, 0.1) is 15.9 Å². The van der Waals surface area contributed by atoms with Crippen LogP contribution >= 0.6 is 0 Å². The zero-order chi connectivity index (χ0) is 19.6. The Morgan fingerprint density at radius 3 is 2.74 bits per heavy atom. The normalized spacial score (nSPS) is 11.1. The molecule has 9 heteroatoms. The van der Waals surface area contributed by atoms with E-state index < -0.39 is 10.5 Å². The first-order valence-corrected chi connectivity index (χ1v) is 8.17. The molecule has 0 atom stereocenters. The summed E-state index contributed by atoms with van der Waals surface area (Å²) in [6.45, 7) is 0.671. The van der Waals surface area contributed by atoms with E-state index in [4.69, 9.17) is 0 Å². The molecule has 0 radical (unpaired) electrons. The van der Waals surface area contributed by atoms with Crippen molar-refractivity contribution in [1.29, 1.82) is 0 Å². The summed E-state index contributed by atoms with van der Waals surface area (Å²) in [5.41, 5.74) is 1.06. The number of hydrogen-bond acceptors (Lipinski definition) is 6. The molecule has 0 amide bonds. The molecule has 0 aliphatic rings. The van der Waals surface area contributed by atoms with Crippen molar-refractivity contribution in [3.8, 4) is 0 Å². The molecule has 1 heterocycles. The summed E-state index contributed by atoms with van der Waals surface area (Å²) < 4.78 is 14.2. The molecule has 1 aromatic heterocycles. The highest BCUT2D eigenvalue weighted by molar-refractivity contribution is 5.86. The SMILES string of the molecule is CN(C)Cc1ccc(CNc2cc3nc[nH]c(=O)c3cc2[N+](=O)[O-])cc1F. The van der Waals surface area contributed by atoms with Crippen LogP contribution in [0.1, 0.15) is 11.1 Å². The lowest BCUT2D eigenvalue weighted by atomic mass is 10.1. The fourth-order valence-electron chi connectivity index (χ4n) is 2.76. The molecule has 3 aromatic rings. The molecular weight excluding hydrogens is 353 g/mol. The number of H-pyrrole nitrogens is 1. The van der Waals surface area contributed by atoms with Gasteiger partial charge >= 0.3 is 0 Å². The van der Waals surface area contributed by atoms with Gasteiger partial charge in [0, 0.05) is 24.7 Å². The summed E-state index contributed by atoms with van der Waals surface area (Å²) in [4.78, 5) is 30.9. The Morgan fingerprint density at radius 2 is 2.07 bits per heavy atom. The predicted octanol–water partition coefficient (Wildman–Crippen LogP) is 2.64. The lowest BCUT2D eigenvalue weighted by molar-refractivity contribution is -0.383. The van der Waals surface area contributed by atoms with Crippen molar-refractivity contribution in [3.05, 3.63) is 74.1 Å². The van der Waals surface area contributed by atoms with Crippen molar-refractivity contribution in [1.82, 2.24) is 14.9 Å². The summed E-state index contributed by atoms with van der Waals surface area (Å²) in [5.74, 6) is -0.329. The number of fused-ring (bicyclic) bond motifs is 1. The molecule has 3 rings (SSSR count). The minimum Gasteiger partial charge on any atom is -0.375 e. The van der Waals surface area contributed by atoms with E-state index in [2.05, 4.69) is 15.3 Å².